The van der Waals surface area contributed by atoms with Gasteiger partial charge in [-0.2, -0.15) is 5.26 Å². The van der Waals surface area contributed by atoms with Gasteiger partial charge in [0.15, 0.2) is 12.1 Å². The second-order valence-electron chi connectivity index (χ2n) is 2.58. The highest BCUT2D eigenvalue weighted by Crippen LogP contribution is 2.12. The monoisotopic (exact) mass is 171 g/mol. The van der Waals surface area contributed by atoms with E-state index in [0.29, 0.717) is 22.9 Å². The minimum atomic E-state index is 0.282. The summed E-state index contributed by atoms with van der Waals surface area (Å²) in [6, 6.07) is 7.04. The van der Waals surface area contributed by atoms with E-state index in [1.165, 1.54) is 0 Å². The maximum atomic E-state index is 10.4. The van der Waals surface area contributed by atoms with Crippen molar-refractivity contribution in [2.24, 2.45) is 0 Å². The molecule has 0 atom stereocenters. The highest BCUT2D eigenvalue weighted by molar-refractivity contribution is 5.82. The maximum absolute atomic E-state index is 10.4. The topological polar surface area (TPSA) is 69.5 Å². The number of nitriles is 1. The van der Waals surface area contributed by atoms with Gasteiger partial charge in [-0.1, -0.05) is 0 Å². The lowest BCUT2D eigenvalue weighted by Gasteiger charge is -1.87. The summed E-state index contributed by atoms with van der Waals surface area (Å²) in [7, 11) is 0. The number of fused-ring (bicyclic) bond motifs is 1. The number of rotatable bonds is 1. The van der Waals surface area contributed by atoms with E-state index < -0.39 is 0 Å². The van der Waals surface area contributed by atoms with Gasteiger partial charge in [0.1, 0.15) is 0 Å². The van der Waals surface area contributed by atoms with Gasteiger partial charge in [-0.25, -0.2) is 4.98 Å². The minimum Gasteiger partial charge on any atom is -0.336 e. The summed E-state index contributed by atoms with van der Waals surface area (Å²) in [6.45, 7) is 0. The molecule has 0 unspecified atom stereocenters. The Hall–Kier alpha value is -2.15. The first kappa shape index (κ1) is 7.50. The summed E-state index contributed by atoms with van der Waals surface area (Å²) in [5.74, 6) is 0.282. The largest absolute Gasteiger partial charge is 0.336 e. The number of carbonyl (C=O) groups is 1. The molecule has 0 fully saturated rings. The van der Waals surface area contributed by atoms with Crippen LogP contribution in [0.5, 0.6) is 0 Å². The second-order valence-corrected chi connectivity index (χ2v) is 2.58. The Kier molecular flexibility index (Phi) is 1.57. The number of hydrogen-bond donors (Lipinski definition) is 1. The van der Waals surface area contributed by atoms with E-state index >= 15 is 0 Å². The van der Waals surface area contributed by atoms with Crippen LogP contribution in [-0.2, 0) is 0 Å². The number of benzene rings is 1. The first-order valence-corrected chi connectivity index (χ1v) is 3.68. The number of nitrogens with one attached hydrogen (secondary N) is 1. The van der Waals surface area contributed by atoms with E-state index in [-0.39, 0.29) is 5.82 Å². The molecular formula is C9H5N3O. The van der Waals surface area contributed by atoms with Gasteiger partial charge in [-0.15, -0.1) is 0 Å². The van der Waals surface area contributed by atoms with E-state index in [2.05, 4.69) is 9.97 Å². The summed E-state index contributed by atoms with van der Waals surface area (Å²) in [6.07, 6.45) is 0.645. The molecule has 1 N–H and O–H groups in total. The molecule has 2 rings (SSSR count). The van der Waals surface area contributed by atoms with Gasteiger partial charge < -0.3 is 4.98 Å². The Labute approximate surface area is 73.8 Å². The van der Waals surface area contributed by atoms with Crippen LogP contribution in [0.1, 0.15) is 16.2 Å². The maximum Gasteiger partial charge on any atom is 0.185 e. The zero-order valence-electron chi connectivity index (χ0n) is 6.61. The fourth-order valence-electron chi connectivity index (χ4n) is 1.15. The number of aromatic amines is 1. The lowest BCUT2D eigenvalue weighted by Crippen LogP contribution is -1.78. The fourth-order valence-corrected chi connectivity index (χ4v) is 1.15. The van der Waals surface area contributed by atoms with Crippen LogP contribution in [0.4, 0.5) is 0 Å². The Morgan fingerprint density at radius 2 is 2.38 bits per heavy atom. The Morgan fingerprint density at radius 3 is 3.08 bits per heavy atom. The van der Waals surface area contributed by atoms with Crippen molar-refractivity contribution in [2.45, 2.75) is 0 Å². The molecule has 0 saturated heterocycles. The van der Waals surface area contributed by atoms with Crippen molar-refractivity contribution in [1.82, 2.24) is 9.97 Å². The third kappa shape index (κ3) is 1.16. The third-order valence-corrected chi connectivity index (χ3v) is 1.74. The summed E-state index contributed by atoms with van der Waals surface area (Å²) in [4.78, 5) is 17.1. The van der Waals surface area contributed by atoms with Gasteiger partial charge >= 0.3 is 0 Å². The van der Waals surface area contributed by atoms with Crippen LogP contribution in [0.25, 0.3) is 11.0 Å². The molecule has 0 saturated carbocycles. The first-order chi connectivity index (χ1) is 6.33. The molecule has 1 aromatic heterocycles. The SMILES string of the molecule is N#Cc1ccc2nc(C=O)[nH]c2c1. The summed E-state index contributed by atoms with van der Waals surface area (Å²) >= 11 is 0. The van der Waals surface area contributed by atoms with Crippen molar-refractivity contribution in [3.05, 3.63) is 29.6 Å². The normalized spacial score (nSPS) is 9.77. The van der Waals surface area contributed by atoms with Gasteiger partial charge in [0.2, 0.25) is 0 Å². The van der Waals surface area contributed by atoms with Crippen LogP contribution in [-0.4, -0.2) is 16.3 Å². The predicted molar refractivity (Wildman–Crippen MR) is 46.2 cm³/mol. The quantitative estimate of drug-likeness (QED) is 0.656. The smallest absolute Gasteiger partial charge is 0.185 e. The van der Waals surface area contributed by atoms with Crippen LogP contribution in [0.3, 0.4) is 0 Å². The van der Waals surface area contributed by atoms with E-state index in [4.69, 9.17) is 5.26 Å². The van der Waals surface area contributed by atoms with Crippen molar-refractivity contribution in [1.29, 1.82) is 5.26 Å². The molecule has 2 aromatic rings. The van der Waals surface area contributed by atoms with Crippen molar-refractivity contribution >= 4 is 17.3 Å². The Morgan fingerprint density at radius 1 is 1.54 bits per heavy atom. The number of carbonyl (C=O) groups excluding carboxylic acids is 1. The summed E-state index contributed by atoms with van der Waals surface area (Å²) in [5, 5.41) is 8.61. The number of aldehydes is 1. The molecule has 0 spiro atoms. The molecule has 4 nitrogen and oxygen atoms in total. The van der Waals surface area contributed by atoms with Crippen molar-refractivity contribution in [2.75, 3.05) is 0 Å². The predicted octanol–water partition coefficient (Wildman–Crippen LogP) is 1.25. The minimum absolute atomic E-state index is 0.282. The number of hydrogen-bond acceptors (Lipinski definition) is 3. The number of imidazole rings is 1. The highest BCUT2D eigenvalue weighted by atomic mass is 16.1. The van der Waals surface area contributed by atoms with E-state index in [1.807, 2.05) is 6.07 Å². The van der Waals surface area contributed by atoms with E-state index in [0.717, 1.165) is 0 Å². The summed E-state index contributed by atoms with van der Waals surface area (Å²) < 4.78 is 0. The number of aromatic nitrogens is 2. The second kappa shape index (κ2) is 2.72. The molecule has 13 heavy (non-hydrogen) atoms. The molecule has 0 aliphatic carbocycles. The highest BCUT2D eigenvalue weighted by Gasteiger charge is 2.01. The molecule has 0 aliphatic heterocycles. The van der Waals surface area contributed by atoms with Crippen molar-refractivity contribution in [3.8, 4) is 6.07 Å². The van der Waals surface area contributed by atoms with Gasteiger partial charge in [-0.3, -0.25) is 4.79 Å². The fraction of sp³-hybridized carbons (Fsp3) is 0. The van der Waals surface area contributed by atoms with Crippen LogP contribution in [0.2, 0.25) is 0 Å². The lowest BCUT2D eigenvalue weighted by atomic mass is 10.2. The van der Waals surface area contributed by atoms with Crippen LogP contribution in [0.15, 0.2) is 18.2 Å². The van der Waals surface area contributed by atoms with Crippen LogP contribution >= 0.6 is 0 Å². The molecule has 4 heteroatoms. The molecule has 1 aromatic carbocycles. The molecule has 0 aliphatic rings. The molecular weight excluding hydrogens is 166 g/mol. The van der Waals surface area contributed by atoms with Gasteiger partial charge in [0, 0.05) is 0 Å². The van der Waals surface area contributed by atoms with Gasteiger partial charge in [0.05, 0.1) is 22.7 Å². The van der Waals surface area contributed by atoms with Crippen LogP contribution in [0, 0.1) is 11.3 Å². The number of H-pyrrole nitrogens is 1. The van der Waals surface area contributed by atoms with E-state index in [1.54, 1.807) is 18.2 Å². The first-order valence-electron chi connectivity index (χ1n) is 3.68. The molecule has 0 amide bonds. The van der Waals surface area contributed by atoms with Gasteiger partial charge in [0.25, 0.3) is 0 Å². The Balaban J connectivity index is 2.72. The molecule has 1 heterocycles. The zero-order valence-corrected chi connectivity index (χ0v) is 6.61. The number of nitrogens with zero attached hydrogens (tertiary/aromatic N) is 2. The zero-order chi connectivity index (χ0) is 9.26. The van der Waals surface area contributed by atoms with Crippen molar-refractivity contribution < 1.29 is 4.79 Å². The van der Waals surface area contributed by atoms with Crippen molar-refractivity contribution in [3.63, 3.8) is 0 Å². The Bertz CT molecular complexity index is 507. The molecule has 0 radical (unpaired) electrons. The average molecular weight is 171 g/mol. The summed E-state index contributed by atoms with van der Waals surface area (Å²) in [5.41, 5.74) is 1.95. The third-order valence-electron chi connectivity index (χ3n) is 1.74. The standard InChI is InChI=1S/C9H5N3O/c10-4-6-1-2-7-8(3-6)12-9(5-13)11-7/h1-3,5H,(H,11,12). The lowest BCUT2D eigenvalue weighted by molar-refractivity contribution is 0.111. The molecule has 62 valence electrons. The van der Waals surface area contributed by atoms with E-state index in [9.17, 15) is 4.79 Å². The van der Waals surface area contributed by atoms with Gasteiger partial charge in [-0.05, 0) is 18.2 Å². The average Bonchev–Trinajstić information content (AvgIpc) is 2.58. The van der Waals surface area contributed by atoms with Crippen LogP contribution < -0.4 is 0 Å². The molecule has 0 bridgehead atoms.